The van der Waals surface area contributed by atoms with E-state index in [2.05, 4.69) is 9.97 Å². The second-order valence-corrected chi connectivity index (χ2v) is 6.09. The fraction of sp³-hybridized carbons (Fsp3) is 0.133. The summed E-state index contributed by atoms with van der Waals surface area (Å²) < 4.78 is 4.74. The van der Waals surface area contributed by atoms with Crippen molar-refractivity contribution in [2.75, 3.05) is 12.8 Å². The lowest BCUT2D eigenvalue weighted by Gasteiger charge is -2.03. The van der Waals surface area contributed by atoms with Crippen LogP contribution >= 0.6 is 22.9 Å². The second-order valence-electron chi connectivity index (χ2n) is 4.66. The van der Waals surface area contributed by atoms with E-state index in [9.17, 15) is 4.79 Å². The van der Waals surface area contributed by atoms with E-state index in [0.29, 0.717) is 31.6 Å². The van der Waals surface area contributed by atoms with Gasteiger partial charge in [-0.05, 0) is 31.2 Å². The standard InChI is InChI=1S/C15H12ClN3O2S/c1-7-10-11(17)12(15(20)21-2)22-14(10)19-13(18-7)8-3-5-9(16)6-4-8/h3-6H,17H2,1-2H3. The van der Waals surface area contributed by atoms with Gasteiger partial charge in [-0.2, -0.15) is 0 Å². The molecule has 0 fully saturated rings. The molecule has 2 aromatic heterocycles. The summed E-state index contributed by atoms with van der Waals surface area (Å²) >= 11 is 7.10. The molecule has 2 N–H and O–H groups in total. The zero-order chi connectivity index (χ0) is 15.9. The van der Waals surface area contributed by atoms with Crippen LogP contribution in [-0.2, 0) is 4.74 Å². The highest BCUT2D eigenvalue weighted by Gasteiger charge is 2.20. The van der Waals surface area contributed by atoms with Crippen molar-refractivity contribution in [2.45, 2.75) is 6.92 Å². The molecule has 0 aliphatic carbocycles. The number of hydrogen-bond donors (Lipinski definition) is 1. The van der Waals surface area contributed by atoms with E-state index in [1.807, 2.05) is 19.1 Å². The zero-order valence-corrected chi connectivity index (χ0v) is 13.5. The van der Waals surface area contributed by atoms with E-state index in [1.54, 1.807) is 12.1 Å². The van der Waals surface area contributed by atoms with Crippen LogP contribution in [0, 0.1) is 6.92 Å². The van der Waals surface area contributed by atoms with Crippen LogP contribution in [0.3, 0.4) is 0 Å². The van der Waals surface area contributed by atoms with E-state index in [4.69, 9.17) is 22.1 Å². The molecule has 0 aliphatic rings. The molecular formula is C15H12ClN3O2S. The molecule has 3 rings (SSSR count). The van der Waals surface area contributed by atoms with Gasteiger partial charge in [-0.1, -0.05) is 11.6 Å². The largest absolute Gasteiger partial charge is 0.465 e. The third-order valence-corrected chi connectivity index (χ3v) is 4.57. The molecule has 7 heteroatoms. The Morgan fingerprint density at radius 2 is 1.95 bits per heavy atom. The first-order valence-electron chi connectivity index (χ1n) is 6.42. The van der Waals surface area contributed by atoms with Gasteiger partial charge in [0.25, 0.3) is 0 Å². The second kappa shape index (κ2) is 5.55. The highest BCUT2D eigenvalue weighted by atomic mass is 35.5. The van der Waals surface area contributed by atoms with E-state index in [1.165, 1.54) is 18.4 Å². The number of carbonyl (C=O) groups is 1. The first kappa shape index (κ1) is 14.7. The van der Waals surface area contributed by atoms with Gasteiger partial charge in [0.05, 0.1) is 23.9 Å². The van der Waals surface area contributed by atoms with Crippen LogP contribution in [0.15, 0.2) is 24.3 Å². The molecule has 5 nitrogen and oxygen atoms in total. The van der Waals surface area contributed by atoms with Gasteiger partial charge in [-0.25, -0.2) is 14.8 Å². The number of nitrogens with two attached hydrogens (primary N) is 1. The molecule has 0 spiro atoms. The Hall–Kier alpha value is -2.18. The van der Waals surface area contributed by atoms with E-state index >= 15 is 0 Å². The summed E-state index contributed by atoms with van der Waals surface area (Å²) in [7, 11) is 1.32. The SMILES string of the molecule is COC(=O)c1sc2nc(-c3ccc(Cl)cc3)nc(C)c2c1N. The van der Waals surface area contributed by atoms with E-state index in [0.717, 1.165) is 11.3 Å². The molecule has 0 bridgehead atoms. The predicted molar refractivity (Wildman–Crippen MR) is 88.3 cm³/mol. The Morgan fingerprint density at radius 1 is 1.27 bits per heavy atom. The van der Waals surface area contributed by atoms with Crippen LogP contribution in [0.25, 0.3) is 21.6 Å². The summed E-state index contributed by atoms with van der Waals surface area (Å²) in [4.78, 5) is 21.8. The Morgan fingerprint density at radius 3 is 2.59 bits per heavy atom. The minimum atomic E-state index is -0.465. The number of rotatable bonds is 2. The number of esters is 1. The van der Waals surface area contributed by atoms with Gasteiger partial charge >= 0.3 is 5.97 Å². The summed E-state index contributed by atoms with van der Waals surface area (Å²) in [5, 5.41) is 1.35. The predicted octanol–water partition coefficient (Wildman–Crippen LogP) is 3.69. The lowest BCUT2D eigenvalue weighted by Crippen LogP contribution is -2.02. The lowest BCUT2D eigenvalue weighted by atomic mass is 10.2. The average Bonchev–Trinajstić information content (AvgIpc) is 2.84. The number of aromatic nitrogens is 2. The van der Waals surface area contributed by atoms with Crippen molar-refractivity contribution in [2.24, 2.45) is 0 Å². The molecule has 22 heavy (non-hydrogen) atoms. The number of carbonyl (C=O) groups excluding carboxylic acids is 1. The molecule has 0 atom stereocenters. The van der Waals surface area contributed by atoms with Crippen LogP contribution < -0.4 is 5.73 Å². The number of nitrogens with zero attached hydrogens (tertiary/aromatic N) is 2. The maximum atomic E-state index is 11.8. The topological polar surface area (TPSA) is 78.1 Å². The number of hydrogen-bond acceptors (Lipinski definition) is 6. The summed E-state index contributed by atoms with van der Waals surface area (Å²) in [5.74, 6) is 0.104. The summed E-state index contributed by atoms with van der Waals surface area (Å²) in [5.41, 5.74) is 7.97. The van der Waals surface area contributed by atoms with Gasteiger partial charge < -0.3 is 10.5 Å². The Kier molecular flexibility index (Phi) is 3.72. The normalized spacial score (nSPS) is 10.9. The Bertz CT molecular complexity index is 875. The fourth-order valence-corrected chi connectivity index (χ4v) is 3.36. The van der Waals surface area contributed by atoms with Crippen molar-refractivity contribution in [3.05, 3.63) is 39.9 Å². The third-order valence-electron chi connectivity index (χ3n) is 3.24. The number of aryl methyl sites for hydroxylation is 1. The molecule has 0 unspecified atom stereocenters. The van der Waals surface area contributed by atoms with Gasteiger partial charge in [0.1, 0.15) is 9.71 Å². The van der Waals surface area contributed by atoms with Crippen molar-refractivity contribution in [1.29, 1.82) is 0 Å². The smallest absolute Gasteiger partial charge is 0.350 e. The quantitative estimate of drug-likeness (QED) is 0.724. The maximum absolute atomic E-state index is 11.8. The summed E-state index contributed by atoms with van der Waals surface area (Å²) in [6, 6.07) is 7.26. The van der Waals surface area contributed by atoms with Gasteiger partial charge in [0, 0.05) is 10.6 Å². The molecular weight excluding hydrogens is 322 g/mol. The zero-order valence-electron chi connectivity index (χ0n) is 11.9. The molecule has 0 aliphatic heterocycles. The van der Waals surface area contributed by atoms with Crippen LogP contribution in [0.4, 0.5) is 5.69 Å². The van der Waals surface area contributed by atoms with E-state index in [-0.39, 0.29) is 0 Å². The molecule has 2 heterocycles. The third kappa shape index (κ3) is 2.40. The molecule has 0 amide bonds. The van der Waals surface area contributed by atoms with Crippen molar-refractivity contribution >= 4 is 44.8 Å². The Labute approximate surface area is 135 Å². The number of ether oxygens (including phenoxy) is 1. The average molecular weight is 334 g/mol. The monoisotopic (exact) mass is 333 g/mol. The maximum Gasteiger partial charge on any atom is 0.350 e. The number of methoxy groups -OCH3 is 1. The highest BCUT2D eigenvalue weighted by Crippen LogP contribution is 2.35. The fourth-order valence-electron chi connectivity index (χ4n) is 2.17. The number of nitrogen functional groups attached to an aromatic ring is 1. The number of benzene rings is 1. The Balaban J connectivity index is 2.20. The molecule has 112 valence electrons. The van der Waals surface area contributed by atoms with Gasteiger partial charge in [-0.3, -0.25) is 0 Å². The first-order valence-corrected chi connectivity index (χ1v) is 7.61. The van der Waals surface area contributed by atoms with Crippen molar-refractivity contribution in [1.82, 2.24) is 9.97 Å². The summed E-state index contributed by atoms with van der Waals surface area (Å²) in [6.07, 6.45) is 0. The number of thiophene rings is 1. The first-order chi connectivity index (χ1) is 10.5. The minimum Gasteiger partial charge on any atom is -0.465 e. The highest BCUT2D eigenvalue weighted by molar-refractivity contribution is 7.21. The van der Waals surface area contributed by atoms with Crippen LogP contribution in [-0.4, -0.2) is 23.0 Å². The summed E-state index contributed by atoms with van der Waals surface area (Å²) in [6.45, 7) is 1.84. The van der Waals surface area contributed by atoms with Crippen LogP contribution in [0.5, 0.6) is 0 Å². The van der Waals surface area contributed by atoms with Crippen molar-refractivity contribution < 1.29 is 9.53 Å². The molecule has 0 saturated heterocycles. The van der Waals surface area contributed by atoms with Crippen molar-refractivity contribution in [3.8, 4) is 11.4 Å². The van der Waals surface area contributed by atoms with Crippen molar-refractivity contribution in [3.63, 3.8) is 0 Å². The van der Waals surface area contributed by atoms with E-state index < -0.39 is 5.97 Å². The molecule has 0 radical (unpaired) electrons. The number of fused-ring (bicyclic) bond motifs is 1. The van der Waals surface area contributed by atoms with Crippen LogP contribution in [0.1, 0.15) is 15.4 Å². The van der Waals surface area contributed by atoms with Crippen LogP contribution in [0.2, 0.25) is 5.02 Å². The minimum absolute atomic E-state index is 0.350. The number of anilines is 1. The van der Waals surface area contributed by atoms with Gasteiger partial charge in [0.15, 0.2) is 5.82 Å². The molecule has 3 aromatic rings. The molecule has 0 saturated carbocycles. The number of halogens is 1. The van der Waals surface area contributed by atoms with Gasteiger partial charge in [-0.15, -0.1) is 11.3 Å². The lowest BCUT2D eigenvalue weighted by molar-refractivity contribution is 0.0607. The van der Waals surface area contributed by atoms with Gasteiger partial charge in [0.2, 0.25) is 0 Å². The molecule has 1 aromatic carbocycles.